The quantitative estimate of drug-likeness (QED) is 0.470. The van der Waals surface area contributed by atoms with Crippen LogP contribution in [-0.4, -0.2) is 72.3 Å². The van der Waals surface area contributed by atoms with E-state index in [1.54, 1.807) is 13.2 Å². The highest BCUT2D eigenvalue weighted by atomic mass is 16.5. The van der Waals surface area contributed by atoms with Crippen molar-refractivity contribution in [2.24, 2.45) is 10.4 Å². The molecule has 3 heterocycles. The highest BCUT2D eigenvalue weighted by Crippen LogP contribution is 2.37. The van der Waals surface area contributed by atoms with Crippen LogP contribution in [0.4, 0.5) is 0 Å². The van der Waals surface area contributed by atoms with Crippen LogP contribution in [0.15, 0.2) is 11.2 Å². The van der Waals surface area contributed by atoms with E-state index in [9.17, 15) is 4.79 Å². The average molecular weight is 364 g/mol. The summed E-state index contributed by atoms with van der Waals surface area (Å²) in [7, 11) is 3.16. The fraction of sp³-hybridized carbons (Fsp3) is 0.765. The van der Waals surface area contributed by atoms with Crippen molar-refractivity contribution < 1.29 is 14.3 Å². The Morgan fingerprint density at radius 1 is 1.46 bits per heavy atom. The Morgan fingerprint density at radius 2 is 2.31 bits per heavy atom. The van der Waals surface area contributed by atoms with Gasteiger partial charge in [-0.1, -0.05) is 5.21 Å². The Balaban J connectivity index is 1.55. The van der Waals surface area contributed by atoms with Crippen LogP contribution in [0.1, 0.15) is 31.4 Å². The van der Waals surface area contributed by atoms with E-state index in [1.165, 1.54) is 24.6 Å². The van der Waals surface area contributed by atoms with Crippen molar-refractivity contribution >= 4 is 11.9 Å². The summed E-state index contributed by atoms with van der Waals surface area (Å²) < 4.78 is 11.9. The van der Waals surface area contributed by atoms with Crippen molar-refractivity contribution in [3.05, 3.63) is 11.9 Å². The van der Waals surface area contributed by atoms with Gasteiger partial charge in [-0.25, -0.2) is 4.68 Å². The Bertz CT molecular complexity index is 633. The monoisotopic (exact) mass is 364 g/mol. The maximum absolute atomic E-state index is 11.3. The molecule has 1 aromatic heterocycles. The van der Waals surface area contributed by atoms with Crippen molar-refractivity contribution in [2.45, 2.75) is 38.8 Å². The van der Waals surface area contributed by atoms with Gasteiger partial charge in [0.1, 0.15) is 12.2 Å². The molecule has 1 atom stereocenters. The minimum Gasteiger partial charge on any atom is -0.468 e. The summed E-state index contributed by atoms with van der Waals surface area (Å²) in [5.41, 5.74) is 1.01. The van der Waals surface area contributed by atoms with E-state index in [0.29, 0.717) is 6.54 Å². The number of hydrogen-bond donors (Lipinski definition) is 1. The normalized spacial score (nSPS) is 23.9. The maximum atomic E-state index is 11.3. The third-order valence-electron chi connectivity index (χ3n) is 5.11. The smallest absolute Gasteiger partial charge is 0.327 e. The number of rotatable bonds is 4. The zero-order chi connectivity index (χ0) is 18.4. The topological polar surface area (TPSA) is 93.9 Å². The van der Waals surface area contributed by atoms with Gasteiger partial charge in [-0.3, -0.25) is 9.79 Å². The lowest BCUT2D eigenvalue weighted by Gasteiger charge is -2.45. The molecule has 144 valence electrons. The number of nitrogens with one attached hydrogen (secondary N) is 1. The standard InChI is InChI=1S/C17H28N6O3/c1-18-16(19-9-14-10-23(21-20-14)11-15(24)25-2)22-7-3-5-17(12-22)6-4-8-26-13-17/h10H,3-9,11-13H2,1-2H3,(H,18,19). The fourth-order valence-corrected chi connectivity index (χ4v) is 3.82. The van der Waals surface area contributed by atoms with Gasteiger partial charge in [0.05, 0.1) is 26.5 Å². The number of likely N-dealkylation sites (tertiary alicyclic amines) is 1. The van der Waals surface area contributed by atoms with E-state index in [0.717, 1.165) is 50.8 Å². The van der Waals surface area contributed by atoms with Crippen LogP contribution in [0.3, 0.4) is 0 Å². The van der Waals surface area contributed by atoms with Gasteiger partial charge in [0.25, 0.3) is 0 Å². The maximum Gasteiger partial charge on any atom is 0.327 e. The number of esters is 1. The number of guanidine groups is 1. The summed E-state index contributed by atoms with van der Waals surface area (Å²) in [5, 5.41) is 11.4. The number of piperidine rings is 1. The SMILES string of the molecule is CN=C(NCc1cn(CC(=O)OC)nn1)N1CCCC2(CCCOC2)C1. The van der Waals surface area contributed by atoms with Gasteiger partial charge < -0.3 is 19.7 Å². The summed E-state index contributed by atoms with van der Waals surface area (Å²) >= 11 is 0. The number of methoxy groups -OCH3 is 1. The van der Waals surface area contributed by atoms with Crippen LogP contribution >= 0.6 is 0 Å². The minimum atomic E-state index is -0.349. The number of carbonyl (C=O) groups is 1. The van der Waals surface area contributed by atoms with Crippen molar-refractivity contribution in [3.63, 3.8) is 0 Å². The highest BCUT2D eigenvalue weighted by Gasteiger charge is 2.38. The first-order chi connectivity index (χ1) is 12.6. The number of nitrogens with zero attached hydrogens (tertiary/aromatic N) is 5. The Kier molecular flexibility index (Phi) is 6.08. The third-order valence-corrected chi connectivity index (χ3v) is 5.11. The zero-order valence-electron chi connectivity index (χ0n) is 15.6. The second-order valence-electron chi connectivity index (χ2n) is 7.07. The van der Waals surface area contributed by atoms with Crippen LogP contribution in [0.5, 0.6) is 0 Å². The van der Waals surface area contributed by atoms with Crippen molar-refractivity contribution in [1.29, 1.82) is 0 Å². The van der Waals surface area contributed by atoms with Crippen LogP contribution in [-0.2, 0) is 27.4 Å². The van der Waals surface area contributed by atoms with Gasteiger partial charge in [-0.15, -0.1) is 5.10 Å². The molecule has 2 saturated heterocycles. The second-order valence-corrected chi connectivity index (χ2v) is 7.07. The molecule has 9 heteroatoms. The zero-order valence-corrected chi connectivity index (χ0v) is 15.6. The molecule has 0 aliphatic carbocycles. The number of carbonyl (C=O) groups excluding carboxylic acids is 1. The van der Waals surface area contributed by atoms with Gasteiger partial charge in [0, 0.05) is 32.2 Å². The molecular weight excluding hydrogens is 336 g/mol. The van der Waals surface area contributed by atoms with E-state index in [4.69, 9.17) is 4.74 Å². The van der Waals surface area contributed by atoms with Gasteiger partial charge in [0.2, 0.25) is 0 Å². The molecule has 2 aliphatic rings. The Hall–Kier alpha value is -2.16. The third kappa shape index (κ3) is 4.51. The molecule has 1 N–H and O–H groups in total. The molecule has 9 nitrogen and oxygen atoms in total. The predicted octanol–water partition coefficient (Wildman–Crippen LogP) is 0.419. The molecule has 0 amide bonds. The van der Waals surface area contributed by atoms with E-state index in [1.807, 2.05) is 0 Å². The summed E-state index contributed by atoms with van der Waals surface area (Å²) in [6.45, 7) is 4.27. The van der Waals surface area contributed by atoms with Crippen LogP contribution in [0, 0.1) is 5.41 Å². The summed E-state index contributed by atoms with van der Waals surface area (Å²) in [4.78, 5) is 18.0. The van der Waals surface area contributed by atoms with E-state index >= 15 is 0 Å². The number of ether oxygens (including phenoxy) is 2. The van der Waals surface area contributed by atoms with Crippen molar-refractivity contribution in [3.8, 4) is 0 Å². The summed E-state index contributed by atoms with van der Waals surface area (Å²) in [6.07, 6.45) is 6.48. The minimum absolute atomic E-state index is 0.0624. The first-order valence-corrected chi connectivity index (χ1v) is 9.13. The first kappa shape index (κ1) is 18.6. The lowest BCUT2D eigenvalue weighted by atomic mass is 9.76. The molecular formula is C17H28N6O3. The van der Waals surface area contributed by atoms with E-state index in [2.05, 4.69) is 30.3 Å². The molecule has 1 aromatic rings. The van der Waals surface area contributed by atoms with Crippen LogP contribution in [0.25, 0.3) is 0 Å². The van der Waals surface area contributed by atoms with E-state index < -0.39 is 0 Å². The van der Waals surface area contributed by atoms with Crippen molar-refractivity contribution in [2.75, 3.05) is 40.5 Å². The van der Waals surface area contributed by atoms with E-state index in [-0.39, 0.29) is 17.9 Å². The predicted molar refractivity (Wildman–Crippen MR) is 95.5 cm³/mol. The molecule has 2 aliphatic heterocycles. The molecule has 1 unspecified atom stereocenters. The number of aromatic nitrogens is 3. The molecule has 2 fully saturated rings. The lowest BCUT2D eigenvalue weighted by Crippen LogP contribution is -2.52. The average Bonchev–Trinajstić information content (AvgIpc) is 3.10. The van der Waals surface area contributed by atoms with Crippen LogP contribution in [0.2, 0.25) is 0 Å². The van der Waals surface area contributed by atoms with Gasteiger partial charge in [-0.2, -0.15) is 0 Å². The molecule has 0 bridgehead atoms. The van der Waals surface area contributed by atoms with Crippen LogP contribution < -0.4 is 5.32 Å². The molecule has 0 radical (unpaired) electrons. The van der Waals surface area contributed by atoms with Gasteiger partial charge in [0.15, 0.2) is 5.96 Å². The molecule has 0 saturated carbocycles. The summed E-state index contributed by atoms with van der Waals surface area (Å²) in [6, 6.07) is 0. The summed E-state index contributed by atoms with van der Waals surface area (Å²) in [5.74, 6) is 0.524. The molecule has 3 rings (SSSR count). The second kappa shape index (κ2) is 8.48. The number of aliphatic imine (C=N–C) groups is 1. The molecule has 0 aromatic carbocycles. The highest BCUT2D eigenvalue weighted by molar-refractivity contribution is 5.80. The fourth-order valence-electron chi connectivity index (χ4n) is 3.82. The molecule has 26 heavy (non-hydrogen) atoms. The first-order valence-electron chi connectivity index (χ1n) is 9.13. The Labute approximate surface area is 153 Å². The Morgan fingerprint density at radius 3 is 3.04 bits per heavy atom. The molecule has 1 spiro atoms. The van der Waals surface area contributed by atoms with Gasteiger partial charge in [-0.05, 0) is 25.7 Å². The van der Waals surface area contributed by atoms with Crippen molar-refractivity contribution in [1.82, 2.24) is 25.2 Å². The lowest BCUT2D eigenvalue weighted by molar-refractivity contribution is -0.141. The van der Waals surface area contributed by atoms with Gasteiger partial charge >= 0.3 is 5.97 Å². The largest absolute Gasteiger partial charge is 0.468 e. The number of hydrogen-bond acceptors (Lipinski definition) is 6.